The topological polar surface area (TPSA) is 46.2 Å². The maximum absolute atomic E-state index is 12.0. The second-order valence-corrected chi connectivity index (χ2v) is 8.49. The van der Waals surface area contributed by atoms with Gasteiger partial charge in [0.2, 0.25) is 0 Å². The molecular weight excluding hydrogens is 346 g/mol. The molecule has 0 unspecified atom stereocenters. The average molecular weight is 364 g/mol. The molecule has 1 aliphatic rings. The first-order valence-electron chi connectivity index (χ1n) is 6.21. The monoisotopic (exact) mass is 363 g/mol. The Balaban J connectivity index is 2.50. The van der Waals surface area contributed by atoms with E-state index in [0.717, 1.165) is 40.9 Å². The summed E-state index contributed by atoms with van der Waals surface area (Å²) in [6.45, 7) is 2.00. The number of piperidine rings is 1. The highest BCUT2D eigenvalue weighted by Gasteiger charge is 2.21. The van der Waals surface area contributed by atoms with E-state index in [1.54, 1.807) is 0 Å². The highest BCUT2D eigenvalue weighted by molar-refractivity contribution is 9.10. The highest BCUT2D eigenvalue weighted by Crippen LogP contribution is 2.37. The third-order valence-electron chi connectivity index (χ3n) is 3.45. The van der Waals surface area contributed by atoms with Crippen LogP contribution in [0.25, 0.3) is 0 Å². The van der Waals surface area contributed by atoms with E-state index >= 15 is 0 Å². The Kier molecular flexibility index (Phi) is 4.98. The van der Waals surface area contributed by atoms with Gasteiger partial charge in [-0.3, -0.25) is 0 Å². The summed E-state index contributed by atoms with van der Waals surface area (Å²) in [5, 5.41) is 3.33. The first kappa shape index (κ1) is 15.4. The highest BCUT2D eigenvalue weighted by atomic mass is 79.9. The number of nitrogens with one attached hydrogen (secondary N) is 1. The van der Waals surface area contributed by atoms with Gasteiger partial charge >= 0.3 is 0 Å². The van der Waals surface area contributed by atoms with Crippen LogP contribution in [0.2, 0.25) is 0 Å². The molecule has 1 saturated heterocycles. The Hall–Kier alpha value is -0.0400. The molecule has 19 heavy (non-hydrogen) atoms. The van der Waals surface area contributed by atoms with Crippen molar-refractivity contribution in [3.63, 3.8) is 0 Å². The van der Waals surface area contributed by atoms with Crippen LogP contribution in [-0.2, 0) is 9.84 Å². The van der Waals surface area contributed by atoms with Crippen molar-refractivity contribution in [2.45, 2.75) is 28.6 Å². The summed E-state index contributed by atoms with van der Waals surface area (Å²) in [5.74, 6) is 0.453. The number of sulfone groups is 1. The van der Waals surface area contributed by atoms with Crippen molar-refractivity contribution in [1.82, 2.24) is 5.32 Å². The van der Waals surface area contributed by atoms with E-state index < -0.39 is 9.84 Å². The standard InChI is InChI=1S/C13H18BrNO2S2/c1-18-13-11(14)7-10(8-12(13)19(2,16)17)9-3-5-15-6-4-9/h7-9,15H,3-6H2,1-2H3. The number of thioether (sulfide) groups is 1. The van der Waals surface area contributed by atoms with Crippen LogP contribution < -0.4 is 5.32 Å². The van der Waals surface area contributed by atoms with Gasteiger partial charge in [-0.25, -0.2) is 8.42 Å². The second-order valence-electron chi connectivity index (χ2n) is 4.83. The van der Waals surface area contributed by atoms with Crippen molar-refractivity contribution >= 4 is 37.5 Å². The quantitative estimate of drug-likeness (QED) is 0.838. The number of halogens is 1. The Labute approximate surface area is 127 Å². The SMILES string of the molecule is CSc1c(Br)cc(C2CCNCC2)cc1S(C)(=O)=O. The Morgan fingerprint density at radius 2 is 1.95 bits per heavy atom. The fourth-order valence-electron chi connectivity index (χ4n) is 2.45. The van der Waals surface area contributed by atoms with E-state index in [9.17, 15) is 8.42 Å². The van der Waals surface area contributed by atoms with Crippen LogP contribution in [0.3, 0.4) is 0 Å². The summed E-state index contributed by atoms with van der Waals surface area (Å²) < 4.78 is 24.8. The fourth-order valence-corrected chi connectivity index (χ4v) is 5.56. The Bertz CT molecular complexity index is 566. The number of hydrogen-bond donors (Lipinski definition) is 1. The lowest BCUT2D eigenvalue weighted by Gasteiger charge is -2.24. The number of rotatable bonds is 3. The third-order valence-corrected chi connectivity index (χ3v) is 6.43. The molecule has 1 aliphatic heterocycles. The van der Waals surface area contributed by atoms with Crippen LogP contribution in [0.15, 0.2) is 26.4 Å². The molecule has 1 aromatic carbocycles. The molecule has 0 aliphatic carbocycles. The van der Waals surface area contributed by atoms with Crippen molar-refractivity contribution in [2.75, 3.05) is 25.6 Å². The molecular formula is C13H18BrNO2S2. The van der Waals surface area contributed by atoms with Crippen molar-refractivity contribution in [3.05, 3.63) is 22.2 Å². The molecule has 106 valence electrons. The van der Waals surface area contributed by atoms with E-state index in [1.807, 2.05) is 12.3 Å². The maximum Gasteiger partial charge on any atom is 0.176 e. The molecule has 0 amide bonds. The van der Waals surface area contributed by atoms with Gasteiger partial charge in [0.25, 0.3) is 0 Å². The zero-order valence-corrected chi connectivity index (χ0v) is 14.3. The van der Waals surface area contributed by atoms with Gasteiger partial charge in [-0.1, -0.05) is 0 Å². The Morgan fingerprint density at radius 1 is 1.32 bits per heavy atom. The second kappa shape index (κ2) is 6.16. The van der Waals surface area contributed by atoms with E-state index in [2.05, 4.69) is 27.3 Å². The van der Waals surface area contributed by atoms with Crippen LogP contribution in [-0.4, -0.2) is 34.0 Å². The lowest BCUT2D eigenvalue weighted by Crippen LogP contribution is -2.26. The van der Waals surface area contributed by atoms with E-state index in [1.165, 1.54) is 18.0 Å². The van der Waals surface area contributed by atoms with Crippen LogP contribution in [0.5, 0.6) is 0 Å². The summed E-state index contributed by atoms with van der Waals surface area (Å²) in [5.41, 5.74) is 1.13. The van der Waals surface area contributed by atoms with Gasteiger partial charge in [0, 0.05) is 15.6 Å². The molecule has 2 rings (SSSR count). The molecule has 0 spiro atoms. The van der Waals surface area contributed by atoms with Crippen LogP contribution in [0.1, 0.15) is 24.3 Å². The molecule has 6 heteroatoms. The van der Waals surface area contributed by atoms with Gasteiger partial charge in [-0.15, -0.1) is 11.8 Å². The summed E-state index contributed by atoms with van der Waals surface area (Å²) in [6.07, 6.45) is 5.31. The molecule has 0 atom stereocenters. The zero-order chi connectivity index (χ0) is 14.0. The van der Waals surface area contributed by atoms with Gasteiger partial charge in [-0.05, 0) is 71.7 Å². The van der Waals surface area contributed by atoms with Gasteiger partial charge < -0.3 is 5.32 Å². The first-order valence-corrected chi connectivity index (χ1v) is 10.1. The van der Waals surface area contributed by atoms with Gasteiger partial charge in [0.15, 0.2) is 9.84 Å². The van der Waals surface area contributed by atoms with Gasteiger partial charge in [0.1, 0.15) is 0 Å². The third kappa shape index (κ3) is 3.54. The molecule has 1 N–H and O–H groups in total. The molecule has 3 nitrogen and oxygen atoms in total. The minimum atomic E-state index is -3.20. The average Bonchev–Trinajstić information content (AvgIpc) is 2.37. The Morgan fingerprint density at radius 3 is 2.47 bits per heavy atom. The molecule has 0 aromatic heterocycles. The zero-order valence-electron chi connectivity index (χ0n) is 11.1. The van der Waals surface area contributed by atoms with E-state index in [-0.39, 0.29) is 0 Å². The predicted octanol–water partition coefficient (Wildman–Crippen LogP) is 3.04. The fraction of sp³-hybridized carbons (Fsp3) is 0.538. The van der Waals surface area contributed by atoms with Gasteiger partial charge in [-0.2, -0.15) is 0 Å². The van der Waals surface area contributed by atoms with Crippen molar-refractivity contribution < 1.29 is 8.42 Å². The van der Waals surface area contributed by atoms with Gasteiger partial charge in [0.05, 0.1) is 4.90 Å². The molecule has 1 fully saturated rings. The number of benzene rings is 1. The predicted molar refractivity (Wildman–Crippen MR) is 83.9 cm³/mol. The van der Waals surface area contributed by atoms with Crippen molar-refractivity contribution in [1.29, 1.82) is 0 Å². The largest absolute Gasteiger partial charge is 0.317 e. The molecule has 1 aromatic rings. The summed E-state index contributed by atoms with van der Waals surface area (Å²) in [6, 6.07) is 3.94. The summed E-state index contributed by atoms with van der Waals surface area (Å²) in [4.78, 5) is 1.25. The maximum atomic E-state index is 12.0. The minimum Gasteiger partial charge on any atom is -0.317 e. The number of hydrogen-bond acceptors (Lipinski definition) is 4. The van der Waals surface area contributed by atoms with E-state index in [4.69, 9.17) is 0 Å². The normalized spacial score (nSPS) is 17.6. The summed E-state index contributed by atoms with van der Waals surface area (Å²) >= 11 is 4.98. The lowest BCUT2D eigenvalue weighted by molar-refractivity contribution is 0.459. The lowest BCUT2D eigenvalue weighted by atomic mass is 9.90. The van der Waals surface area contributed by atoms with Crippen LogP contribution >= 0.6 is 27.7 Å². The molecule has 1 heterocycles. The summed E-state index contributed by atoms with van der Waals surface area (Å²) in [7, 11) is -3.20. The van der Waals surface area contributed by atoms with E-state index in [0.29, 0.717) is 10.8 Å². The molecule has 0 bridgehead atoms. The van der Waals surface area contributed by atoms with Crippen LogP contribution in [0.4, 0.5) is 0 Å². The molecule has 0 radical (unpaired) electrons. The smallest absolute Gasteiger partial charge is 0.176 e. The first-order chi connectivity index (χ1) is 8.93. The van der Waals surface area contributed by atoms with Crippen molar-refractivity contribution in [3.8, 4) is 0 Å². The molecule has 0 saturated carbocycles. The van der Waals surface area contributed by atoms with Crippen molar-refractivity contribution in [2.24, 2.45) is 0 Å². The van der Waals surface area contributed by atoms with Crippen LogP contribution in [0, 0.1) is 0 Å². The minimum absolute atomic E-state index is 0.447.